The van der Waals surface area contributed by atoms with E-state index < -0.39 is 5.97 Å². The topological polar surface area (TPSA) is 87.7 Å². The first kappa shape index (κ1) is 16.0. The van der Waals surface area contributed by atoms with Gasteiger partial charge in [0.15, 0.2) is 0 Å². The van der Waals surface area contributed by atoms with Crippen LogP contribution >= 0.6 is 0 Å². The number of fused-ring (bicyclic) bond motifs is 1. The Morgan fingerprint density at radius 2 is 1.65 bits per heavy atom. The van der Waals surface area contributed by atoms with Crippen LogP contribution in [0.15, 0.2) is 76.0 Å². The molecule has 23 heavy (non-hydrogen) atoms. The number of benzene rings is 2. The number of hydrogen-bond acceptors (Lipinski definition) is 4. The molecule has 3 rings (SSSR count). The van der Waals surface area contributed by atoms with Crippen molar-refractivity contribution in [1.82, 2.24) is 0 Å². The first-order valence-electron chi connectivity index (χ1n) is 6.74. The highest BCUT2D eigenvalue weighted by atomic mass is 16.4. The highest BCUT2D eigenvalue weighted by Gasteiger charge is 1.94. The molecule has 2 N–H and O–H groups in total. The van der Waals surface area contributed by atoms with Crippen LogP contribution in [-0.4, -0.2) is 16.2 Å². The van der Waals surface area contributed by atoms with Crippen LogP contribution < -0.4 is 5.63 Å². The van der Waals surface area contributed by atoms with Gasteiger partial charge in [-0.2, -0.15) is 0 Å². The third-order valence-electron chi connectivity index (χ3n) is 2.87. The summed E-state index contributed by atoms with van der Waals surface area (Å²) in [6, 6.07) is 17.1. The van der Waals surface area contributed by atoms with Crippen LogP contribution in [0.25, 0.3) is 17.0 Å². The average molecular weight is 310 g/mol. The number of aliphatic carboxylic acids is 1. The minimum Gasteiger partial charge on any atom is -0.507 e. The monoisotopic (exact) mass is 310 g/mol. The number of carboxylic acid groups (broad SMARTS) is 1. The molecule has 0 amide bonds. The molecule has 5 heteroatoms. The van der Waals surface area contributed by atoms with Crippen molar-refractivity contribution < 1.29 is 19.4 Å². The molecular weight excluding hydrogens is 296 g/mol. The number of aromatic hydroxyl groups is 1. The molecular formula is C18H14O5. The smallest absolute Gasteiger partial charge is 0.336 e. The van der Waals surface area contributed by atoms with E-state index in [0.29, 0.717) is 11.1 Å². The highest BCUT2D eigenvalue weighted by Crippen LogP contribution is 2.16. The van der Waals surface area contributed by atoms with Crippen molar-refractivity contribution in [3.8, 4) is 5.75 Å². The quantitative estimate of drug-likeness (QED) is 0.560. The second-order valence-electron chi connectivity index (χ2n) is 4.52. The maximum atomic E-state index is 10.7. The van der Waals surface area contributed by atoms with E-state index in [1.54, 1.807) is 30.3 Å². The van der Waals surface area contributed by atoms with Gasteiger partial charge in [0.1, 0.15) is 11.3 Å². The molecule has 3 aromatic rings. The van der Waals surface area contributed by atoms with E-state index in [-0.39, 0.29) is 11.4 Å². The lowest BCUT2D eigenvalue weighted by Crippen LogP contribution is -1.93. The predicted molar refractivity (Wildman–Crippen MR) is 87.3 cm³/mol. The van der Waals surface area contributed by atoms with Gasteiger partial charge in [0.2, 0.25) is 0 Å². The summed E-state index contributed by atoms with van der Waals surface area (Å²) in [4.78, 5) is 20.8. The molecule has 116 valence electrons. The van der Waals surface area contributed by atoms with Crippen molar-refractivity contribution in [2.24, 2.45) is 0 Å². The summed E-state index contributed by atoms with van der Waals surface area (Å²) in [5, 5.41) is 18.4. The number of carbonyl (C=O) groups is 1. The summed E-state index contributed by atoms with van der Waals surface area (Å²) < 4.78 is 4.91. The maximum Gasteiger partial charge on any atom is 0.336 e. The van der Waals surface area contributed by atoms with Crippen molar-refractivity contribution in [2.75, 3.05) is 0 Å². The zero-order valence-corrected chi connectivity index (χ0v) is 12.0. The van der Waals surface area contributed by atoms with Crippen molar-refractivity contribution in [2.45, 2.75) is 0 Å². The summed E-state index contributed by atoms with van der Waals surface area (Å²) in [5.74, 6) is -0.951. The second-order valence-corrected chi connectivity index (χ2v) is 4.52. The van der Waals surface area contributed by atoms with Gasteiger partial charge < -0.3 is 14.6 Å². The van der Waals surface area contributed by atoms with E-state index in [1.165, 1.54) is 18.2 Å². The molecule has 0 aliphatic rings. The van der Waals surface area contributed by atoms with E-state index >= 15 is 0 Å². The number of carboxylic acids is 1. The number of phenolic OH excluding ortho intramolecular Hbond substituents is 1. The third-order valence-corrected chi connectivity index (χ3v) is 2.87. The Kier molecular flexibility index (Phi) is 5.30. The highest BCUT2D eigenvalue weighted by molar-refractivity contribution is 5.85. The van der Waals surface area contributed by atoms with Gasteiger partial charge in [0.25, 0.3) is 0 Å². The molecule has 0 unspecified atom stereocenters. The molecule has 0 radical (unpaired) electrons. The van der Waals surface area contributed by atoms with Crippen LogP contribution in [0.2, 0.25) is 0 Å². The van der Waals surface area contributed by atoms with E-state index in [9.17, 15) is 14.7 Å². The van der Waals surface area contributed by atoms with E-state index in [4.69, 9.17) is 9.52 Å². The number of rotatable bonds is 2. The van der Waals surface area contributed by atoms with Gasteiger partial charge in [-0.1, -0.05) is 36.4 Å². The van der Waals surface area contributed by atoms with E-state index in [1.807, 2.05) is 18.2 Å². The van der Waals surface area contributed by atoms with Crippen LogP contribution in [0.3, 0.4) is 0 Å². The molecule has 0 spiro atoms. The van der Waals surface area contributed by atoms with Crippen LogP contribution in [0, 0.1) is 0 Å². The Morgan fingerprint density at radius 1 is 0.957 bits per heavy atom. The molecule has 0 atom stereocenters. The second kappa shape index (κ2) is 7.61. The Balaban J connectivity index is 0.000000167. The Bertz CT molecular complexity index is 893. The molecule has 1 heterocycles. The minimum atomic E-state index is -1.03. The molecule has 1 aromatic heterocycles. The summed E-state index contributed by atoms with van der Waals surface area (Å²) in [6.45, 7) is 0. The molecule has 0 bridgehead atoms. The molecule has 0 aliphatic carbocycles. The zero-order chi connectivity index (χ0) is 16.7. The fourth-order valence-corrected chi connectivity index (χ4v) is 1.80. The summed E-state index contributed by atoms with van der Waals surface area (Å²) in [6.07, 6.45) is 2.33. The number of para-hydroxylation sites is 2. The first-order chi connectivity index (χ1) is 11.1. The van der Waals surface area contributed by atoms with Gasteiger partial charge in [-0.05, 0) is 24.3 Å². The Labute approximate surface area is 131 Å². The van der Waals surface area contributed by atoms with Crippen LogP contribution in [0.1, 0.15) is 5.56 Å². The Hall–Kier alpha value is -3.34. The van der Waals surface area contributed by atoms with Gasteiger partial charge >= 0.3 is 11.6 Å². The summed E-state index contributed by atoms with van der Waals surface area (Å²) in [5.41, 5.74) is 0.837. The van der Waals surface area contributed by atoms with Crippen molar-refractivity contribution in [3.05, 3.63) is 82.7 Å². The van der Waals surface area contributed by atoms with Gasteiger partial charge in [0.05, 0.1) is 0 Å². The lowest BCUT2D eigenvalue weighted by atomic mass is 10.2. The fraction of sp³-hybridized carbons (Fsp3) is 0. The third kappa shape index (κ3) is 4.86. The standard InChI is InChI=1S/C9H8O3.C9H6O2/c10-8-4-2-1-3-7(8)5-6-9(11)12;10-9-6-5-7-3-1-2-4-8(7)11-9/h1-6,10H,(H,11,12);1-6H. The zero-order valence-electron chi connectivity index (χ0n) is 12.0. The lowest BCUT2D eigenvalue weighted by Gasteiger charge is -1.95. The SMILES string of the molecule is O=C(O)C=Cc1ccccc1O.O=c1ccc2ccccc2o1. The predicted octanol–water partition coefficient (Wildman–Crippen LogP) is 3.28. The maximum absolute atomic E-state index is 10.7. The van der Waals surface area contributed by atoms with Crippen LogP contribution in [-0.2, 0) is 4.79 Å². The molecule has 0 aliphatic heterocycles. The van der Waals surface area contributed by atoms with Crippen LogP contribution in [0.4, 0.5) is 0 Å². The largest absolute Gasteiger partial charge is 0.507 e. The summed E-state index contributed by atoms with van der Waals surface area (Å²) >= 11 is 0. The first-order valence-corrected chi connectivity index (χ1v) is 6.74. The fourth-order valence-electron chi connectivity index (χ4n) is 1.80. The van der Waals surface area contributed by atoms with Gasteiger partial charge in [-0.15, -0.1) is 0 Å². The normalized spacial score (nSPS) is 10.3. The summed E-state index contributed by atoms with van der Waals surface area (Å²) in [7, 11) is 0. The molecule has 5 nitrogen and oxygen atoms in total. The molecule has 0 fully saturated rings. The minimum absolute atomic E-state index is 0.0787. The van der Waals surface area contributed by atoms with E-state index in [0.717, 1.165) is 11.5 Å². The number of phenols is 1. The molecule has 0 saturated heterocycles. The number of hydrogen-bond donors (Lipinski definition) is 2. The molecule has 0 saturated carbocycles. The van der Waals surface area contributed by atoms with Crippen molar-refractivity contribution >= 4 is 23.0 Å². The molecule has 2 aromatic carbocycles. The van der Waals surface area contributed by atoms with Crippen molar-refractivity contribution in [1.29, 1.82) is 0 Å². The van der Waals surface area contributed by atoms with Gasteiger partial charge in [-0.3, -0.25) is 0 Å². The van der Waals surface area contributed by atoms with E-state index in [2.05, 4.69) is 0 Å². The van der Waals surface area contributed by atoms with Crippen molar-refractivity contribution in [3.63, 3.8) is 0 Å². The Morgan fingerprint density at radius 3 is 2.39 bits per heavy atom. The average Bonchev–Trinajstić information content (AvgIpc) is 2.54. The van der Waals surface area contributed by atoms with Gasteiger partial charge in [0, 0.05) is 23.1 Å². The van der Waals surface area contributed by atoms with Crippen LogP contribution in [0.5, 0.6) is 5.75 Å². The van der Waals surface area contributed by atoms with Gasteiger partial charge in [-0.25, -0.2) is 9.59 Å². The lowest BCUT2D eigenvalue weighted by molar-refractivity contribution is -0.131.